The second-order valence-corrected chi connectivity index (χ2v) is 5.56. The van der Waals surface area contributed by atoms with Gasteiger partial charge < -0.3 is 15.6 Å². The third kappa shape index (κ3) is 2.83. The summed E-state index contributed by atoms with van der Waals surface area (Å²) >= 11 is 0. The molecule has 1 aromatic carbocycles. The Morgan fingerprint density at radius 1 is 1.33 bits per heavy atom. The molecule has 5 heteroatoms. The molecule has 1 aromatic heterocycles. The van der Waals surface area contributed by atoms with Crippen molar-refractivity contribution in [3.05, 3.63) is 46.4 Å². The van der Waals surface area contributed by atoms with Crippen LogP contribution in [0.5, 0.6) is 0 Å². The van der Waals surface area contributed by atoms with E-state index in [9.17, 15) is 9.59 Å². The summed E-state index contributed by atoms with van der Waals surface area (Å²) in [5.74, 6) is -0.224. The minimum Gasteiger partial charge on any atom is -0.346 e. The number of carbonyl (C=O) groups is 1. The van der Waals surface area contributed by atoms with Crippen LogP contribution < -0.4 is 16.2 Å². The van der Waals surface area contributed by atoms with Gasteiger partial charge in [0.15, 0.2) is 0 Å². The van der Waals surface area contributed by atoms with E-state index >= 15 is 0 Å². The van der Waals surface area contributed by atoms with Gasteiger partial charge in [0.25, 0.3) is 11.5 Å². The van der Waals surface area contributed by atoms with Crippen molar-refractivity contribution >= 4 is 16.7 Å². The van der Waals surface area contributed by atoms with Crippen molar-refractivity contribution in [2.75, 3.05) is 6.54 Å². The molecule has 2 atom stereocenters. The number of pyridine rings is 1. The number of nitrogens with one attached hydrogen (secondary N) is 3. The lowest BCUT2D eigenvalue weighted by atomic mass is 9.99. The van der Waals surface area contributed by atoms with E-state index in [1.165, 1.54) is 0 Å². The fraction of sp³-hybridized carbons (Fsp3) is 0.375. The standard InChI is InChI=1S/C16H19N3O2/c1-10-13(7-4-8-17-10)18-16(21)14-9-11-5-2-3-6-12(11)15(20)19-14/h2-3,5-6,9-10,13,17H,4,7-8H2,1H3,(H,18,21)(H,19,20). The van der Waals surface area contributed by atoms with E-state index in [2.05, 4.69) is 22.5 Å². The summed E-state index contributed by atoms with van der Waals surface area (Å²) in [4.78, 5) is 27.0. The molecule has 5 nitrogen and oxygen atoms in total. The third-order valence-corrected chi connectivity index (χ3v) is 4.08. The van der Waals surface area contributed by atoms with E-state index in [1.54, 1.807) is 12.1 Å². The summed E-state index contributed by atoms with van der Waals surface area (Å²) in [6.45, 7) is 3.05. The van der Waals surface area contributed by atoms with Crippen molar-refractivity contribution in [1.82, 2.24) is 15.6 Å². The van der Waals surface area contributed by atoms with Gasteiger partial charge in [-0.25, -0.2) is 0 Å². The highest BCUT2D eigenvalue weighted by Gasteiger charge is 2.23. The van der Waals surface area contributed by atoms with Crippen LogP contribution in [0.2, 0.25) is 0 Å². The van der Waals surface area contributed by atoms with Gasteiger partial charge in [0.1, 0.15) is 5.69 Å². The molecule has 2 unspecified atom stereocenters. The van der Waals surface area contributed by atoms with E-state index in [-0.39, 0.29) is 23.6 Å². The van der Waals surface area contributed by atoms with E-state index in [0.29, 0.717) is 11.1 Å². The Balaban J connectivity index is 1.86. The van der Waals surface area contributed by atoms with Gasteiger partial charge >= 0.3 is 0 Å². The number of benzene rings is 1. The van der Waals surface area contributed by atoms with Gasteiger partial charge in [-0.1, -0.05) is 18.2 Å². The molecule has 0 radical (unpaired) electrons. The second-order valence-electron chi connectivity index (χ2n) is 5.56. The first-order valence-electron chi connectivity index (χ1n) is 7.31. The average Bonchev–Trinajstić information content (AvgIpc) is 2.49. The van der Waals surface area contributed by atoms with E-state index < -0.39 is 0 Å². The summed E-state index contributed by atoms with van der Waals surface area (Å²) in [6, 6.07) is 9.34. The van der Waals surface area contributed by atoms with Crippen molar-refractivity contribution in [3.63, 3.8) is 0 Å². The lowest BCUT2D eigenvalue weighted by Crippen LogP contribution is -2.52. The van der Waals surface area contributed by atoms with E-state index in [4.69, 9.17) is 0 Å². The van der Waals surface area contributed by atoms with Crippen molar-refractivity contribution in [1.29, 1.82) is 0 Å². The monoisotopic (exact) mass is 285 g/mol. The van der Waals surface area contributed by atoms with Crippen molar-refractivity contribution < 1.29 is 4.79 Å². The van der Waals surface area contributed by atoms with Gasteiger partial charge in [-0.2, -0.15) is 0 Å². The minimum atomic E-state index is -0.229. The van der Waals surface area contributed by atoms with Crippen molar-refractivity contribution in [2.45, 2.75) is 31.8 Å². The number of rotatable bonds is 2. The zero-order chi connectivity index (χ0) is 14.8. The van der Waals surface area contributed by atoms with Crippen LogP contribution in [-0.4, -0.2) is 29.5 Å². The summed E-state index contributed by atoms with van der Waals surface area (Å²) in [6.07, 6.45) is 2.00. The van der Waals surface area contributed by atoms with Crippen LogP contribution in [0, 0.1) is 0 Å². The van der Waals surface area contributed by atoms with Gasteiger partial charge in [0, 0.05) is 17.5 Å². The summed E-state index contributed by atoms with van der Waals surface area (Å²) in [7, 11) is 0. The van der Waals surface area contributed by atoms with Crippen LogP contribution in [0.15, 0.2) is 35.1 Å². The third-order valence-electron chi connectivity index (χ3n) is 4.08. The molecule has 0 bridgehead atoms. The topological polar surface area (TPSA) is 74.0 Å². The number of carbonyl (C=O) groups excluding carboxylic acids is 1. The lowest BCUT2D eigenvalue weighted by molar-refractivity contribution is 0.0914. The molecule has 3 N–H and O–H groups in total. The molecule has 0 aliphatic carbocycles. The molecule has 110 valence electrons. The number of aromatic amines is 1. The Hall–Kier alpha value is -2.14. The number of aromatic nitrogens is 1. The predicted molar refractivity (Wildman–Crippen MR) is 82.5 cm³/mol. The normalized spacial score (nSPS) is 22.1. The van der Waals surface area contributed by atoms with Gasteiger partial charge in [-0.3, -0.25) is 9.59 Å². The number of hydrogen-bond acceptors (Lipinski definition) is 3. The zero-order valence-electron chi connectivity index (χ0n) is 12.0. The number of amides is 1. The van der Waals surface area contributed by atoms with Gasteiger partial charge in [-0.05, 0) is 43.8 Å². The number of hydrogen-bond donors (Lipinski definition) is 3. The molecule has 1 fully saturated rings. The molecule has 2 heterocycles. The Bertz CT molecular complexity index is 723. The highest BCUT2D eigenvalue weighted by atomic mass is 16.2. The predicted octanol–water partition coefficient (Wildman–Crippen LogP) is 1.40. The van der Waals surface area contributed by atoms with Crippen LogP contribution in [0.25, 0.3) is 10.8 Å². The first-order chi connectivity index (χ1) is 10.1. The van der Waals surface area contributed by atoms with Gasteiger partial charge in [-0.15, -0.1) is 0 Å². The molecule has 1 saturated heterocycles. The van der Waals surface area contributed by atoms with Crippen molar-refractivity contribution in [3.8, 4) is 0 Å². The average molecular weight is 285 g/mol. The number of H-pyrrole nitrogens is 1. The van der Waals surface area contributed by atoms with Crippen LogP contribution >= 0.6 is 0 Å². The largest absolute Gasteiger partial charge is 0.346 e. The highest BCUT2D eigenvalue weighted by Crippen LogP contribution is 2.12. The minimum absolute atomic E-state index is 0.0984. The summed E-state index contributed by atoms with van der Waals surface area (Å²) in [5.41, 5.74) is 0.0875. The molecule has 1 aliphatic heterocycles. The molecule has 0 saturated carbocycles. The van der Waals surface area contributed by atoms with Crippen LogP contribution in [-0.2, 0) is 0 Å². The quantitative estimate of drug-likeness (QED) is 0.781. The maximum atomic E-state index is 12.3. The Morgan fingerprint density at radius 2 is 2.14 bits per heavy atom. The molecular weight excluding hydrogens is 266 g/mol. The lowest BCUT2D eigenvalue weighted by Gasteiger charge is -2.30. The Labute approximate surface area is 122 Å². The highest BCUT2D eigenvalue weighted by molar-refractivity contribution is 5.96. The number of piperidine rings is 1. The molecule has 21 heavy (non-hydrogen) atoms. The smallest absolute Gasteiger partial charge is 0.268 e. The fourth-order valence-electron chi connectivity index (χ4n) is 2.82. The van der Waals surface area contributed by atoms with Crippen LogP contribution in [0.1, 0.15) is 30.3 Å². The Morgan fingerprint density at radius 3 is 2.95 bits per heavy atom. The second kappa shape index (κ2) is 5.69. The maximum Gasteiger partial charge on any atom is 0.268 e. The SMILES string of the molecule is CC1NCCCC1NC(=O)c1cc2ccccc2c(=O)[nH]1. The maximum absolute atomic E-state index is 12.3. The fourth-order valence-corrected chi connectivity index (χ4v) is 2.82. The molecule has 3 rings (SSSR count). The first kappa shape index (κ1) is 13.8. The summed E-state index contributed by atoms with van der Waals surface area (Å²) < 4.78 is 0. The Kier molecular flexibility index (Phi) is 3.75. The van der Waals surface area contributed by atoms with Crippen LogP contribution in [0.4, 0.5) is 0 Å². The molecular formula is C16H19N3O2. The summed E-state index contributed by atoms with van der Waals surface area (Å²) in [5, 5.41) is 7.73. The number of fused-ring (bicyclic) bond motifs is 1. The molecule has 2 aromatic rings. The van der Waals surface area contributed by atoms with Crippen molar-refractivity contribution in [2.24, 2.45) is 0 Å². The van der Waals surface area contributed by atoms with E-state index in [1.807, 2.05) is 18.2 Å². The zero-order valence-corrected chi connectivity index (χ0v) is 12.0. The molecule has 1 aliphatic rings. The van der Waals surface area contributed by atoms with Crippen LogP contribution in [0.3, 0.4) is 0 Å². The molecule has 0 spiro atoms. The molecule has 1 amide bonds. The van der Waals surface area contributed by atoms with Gasteiger partial charge in [0.2, 0.25) is 0 Å². The first-order valence-corrected chi connectivity index (χ1v) is 7.31. The van der Waals surface area contributed by atoms with E-state index in [0.717, 1.165) is 24.8 Å². The van der Waals surface area contributed by atoms with Gasteiger partial charge in [0.05, 0.1) is 0 Å².